The lowest BCUT2D eigenvalue weighted by Gasteiger charge is -2.38. The molecule has 2 heteroatoms. The molecule has 0 aliphatic heterocycles. The van der Waals surface area contributed by atoms with Gasteiger partial charge in [0.2, 0.25) is 0 Å². The summed E-state index contributed by atoms with van der Waals surface area (Å²) in [7, 11) is 4.34. The maximum Gasteiger partial charge on any atom is 0.0361 e. The topological polar surface area (TPSA) is 3.24 Å². The largest absolute Gasteiger partial charge is 0.378 e. The molecule has 1 nitrogen and oxygen atoms in total. The third-order valence-electron chi connectivity index (χ3n) is 6.10. The number of hydrogen-bond acceptors (Lipinski definition) is 1. The van der Waals surface area contributed by atoms with Crippen molar-refractivity contribution in [2.45, 2.75) is 102 Å². The fourth-order valence-electron chi connectivity index (χ4n) is 4.36. The lowest BCUT2D eigenvalue weighted by Crippen LogP contribution is -2.26. The van der Waals surface area contributed by atoms with Gasteiger partial charge in [-0.2, -0.15) is 0 Å². The highest BCUT2D eigenvalue weighted by Crippen LogP contribution is 2.54. The quantitative estimate of drug-likeness (QED) is 0.487. The second-order valence-electron chi connectivity index (χ2n) is 8.40. The highest BCUT2D eigenvalue weighted by atomic mass is 31.1. The van der Waals surface area contributed by atoms with E-state index < -0.39 is 0 Å². The van der Waals surface area contributed by atoms with Crippen LogP contribution in [0.3, 0.4) is 0 Å². The van der Waals surface area contributed by atoms with E-state index >= 15 is 0 Å². The van der Waals surface area contributed by atoms with Gasteiger partial charge >= 0.3 is 0 Å². The first-order chi connectivity index (χ1) is 12.7. The van der Waals surface area contributed by atoms with Crippen LogP contribution >= 0.6 is 7.92 Å². The van der Waals surface area contributed by atoms with Crippen LogP contribution in [-0.2, 0) is 0 Å². The smallest absolute Gasteiger partial charge is 0.0361 e. The van der Waals surface area contributed by atoms with Gasteiger partial charge in [0.1, 0.15) is 0 Å². The molecule has 2 saturated carbocycles. The van der Waals surface area contributed by atoms with Gasteiger partial charge in [0.05, 0.1) is 0 Å². The summed E-state index contributed by atoms with van der Waals surface area (Å²) in [5.41, 5.74) is 3.36. The molecule has 2 aliphatic carbocycles. The van der Waals surface area contributed by atoms with E-state index in [1.807, 2.05) is 0 Å². The van der Waals surface area contributed by atoms with Crippen LogP contribution in [0.1, 0.15) is 90.9 Å². The minimum absolute atomic E-state index is 0.0577. The first-order valence-corrected chi connectivity index (χ1v) is 12.7. The van der Waals surface area contributed by atoms with Crippen LogP contribution in [0.15, 0.2) is 24.3 Å². The highest BCUT2D eigenvalue weighted by molar-refractivity contribution is 7.67. The van der Waals surface area contributed by atoms with Gasteiger partial charge < -0.3 is 4.90 Å². The summed E-state index contributed by atoms with van der Waals surface area (Å²) in [6, 6.07) is 9.61. The predicted molar refractivity (Wildman–Crippen MR) is 122 cm³/mol. The van der Waals surface area contributed by atoms with Crippen molar-refractivity contribution in [2.24, 2.45) is 0 Å². The van der Waals surface area contributed by atoms with Gasteiger partial charge in [0, 0.05) is 19.8 Å². The van der Waals surface area contributed by atoms with E-state index in [9.17, 15) is 0 Å². The number of anilines is 1. The van der Waals surface area contributed by atoms with E-state index in [-0.39, 0.29) is 7.92 Å². The van der Waals surface area contributed by atoms with Gasteiger partial charge in [-0.05, 0) is 54.4 Å². The van der Waals surface area contributed by atoms with Crippen molar-refractivity contribution in [3.05, 3.63) is 24.3 Å². The molecule has 148 valence electrons. The van der Waals surface area contributed by atoms with E-state index in [2.05, 4.69) is 57.1 Å². The van der Waals surface area contributed by atoms with E-state index in [0.29, 0.717) is 0 Å². The average molecular weight is 376 g/mol. The van der Waals surface area contributed by atoms with E-state index in [0.717, 1.165) is 11.3 Å². The maximum absolute atomic E-state index is 2.46. The van der Waals surface area contributed by atoms with Crippen LogP contribution in [0.25, 0.3) is 0 Å². The Hall–Kier alpha value is -0.550. The molecule has 0 bridgehead atoms. The highest BCUT2D eigenvalue weighted by Gasteiger charge is 2.32. The molecule has 2 aliphatic rings. The molecule has 0 amide bonds. The van der Waals surface area contributed by atoms with Crippen LogP contribution in [0, 0.1) is 0 Å². The van der Waals surface area contributed by atoms with Gasteiger partial charge in [0.15, 0.2) is 0 Å². The first kappa shape index (κ1) is 21.7. The number of benzene rings is 1. The second-order valence-corrected chi connectivity index (χ2v) is 11.2. The molecule has 2 fully saturated rings. The average Bonchev–Trinajstić information content (AvgIpc) is 2.70. The first-order valence-electron chi connectivity index (χ1n) is 11.2. The molecular formula is C24H42NP. The molecule has 0 heterocycles. The molecule has 0 aromatic heterocycles. The third-order valence-corrected chi connectivity index (χ3v) is 9.60. The monoisotopic (exact) mass is 375 g/mol. The Bertz CT molecular complexity index is 449. The Balaban J connectivity index is 0.000000552. The fourth-order valence-corrected chi connectivity index (χ4v) is 8.14. The molecule has 26 heavy (non-hydrogen) atoms. The van der Waals surface area contributed by atoms with Crippen molar-refractivity contribution in [3.8, 4) is 0 Å². The summed E-state index contributed by atoms with van der Waals surface area (Å²) < 4.78 is 0. The molecule has 3 rings (SSSR count). The van der Waals surface area contributed by atoms with Crippen molar-refractivity contribution in [1.29, 1.82) is 0 Å². The SMILES string of the molecule is CCCC.CN(C)c1ccc(P(C2CCCCC2)C2CCCCC2)cc1. The van der Waals surface area contributed by atoms with Gasteiger partial charge in [-0.3, -0.25) is 0 Å². The fraction of sp³-hybridized carbons (Fsp3) is 0.750. The number of nitrogens with zero attached hydrogens (tertiary/aromatic N) is 1. The third kappa shape index (κ3) is 6.56. The van der Waals surface area contributed by atoms with E-state index in [1.165, 1.54) is 82.7 Å². The summed E-state index contributed by atoms with van der Waals surface area (Å²) in [6.45, 7) is 4.36. The van der Waals surface area contributed by atoms with Gasteiger partial charge in [-0.1, -0.05) is 85.3 Å². The minimum Gasteiger partial charge on any atom is -0.378 e. The van der Waals surface area contributed by atoms with Crippen LogP contribution in [-0.4, -0.2) is 25.4 Å². The molecule has 0 spiro atoms. The Morgan fingerprint density at radius 1 is 0.731 bits per heavy atom. The Morgan fingerprint density at radius 2 is 1.15 bits per heavy atom. The molecule has 0 saturated heterocycles. The Morgan fingerprint density at radius 3 is 1.50 bits per heavy atom. The van der Waals surface area contributed by atoms with Gasteiger partial charge in [-0.15, -0.1) is 0 Å². The van der Waals surface area contributed by atoms with Crippen molar-refractivity contribution >= 4 is 18.9 Å². The maximum atomic E-state index is 2.46. The molecule has 1 aromatic carbocycles. The normalized spacial score (nSPS) is 19.1. The van der Waals surface area contributed by atoms with E-state index in [1.54, 1.807) is 5.30 Å². The summed E-state index contributed by atoms with van der Waals surface area (Å²) in [5, 5.41) is 1.69. The summed E-state index contributed by atoms with van der Waals surface area (Å²) in [5.74, 6) is 0. The van der Waals surface area contributed by atoms with Crippen molar-refractivity contribution in [3.63, 3.8) is 0 Å². The molecule has 0 unspecified atom stereocenters. The number of rotatable bonds is 5. The zero-order valence-corrected chi connectivity index (χ0v) is 18.7. The number of unbranched alkanes of at least 4 members (excludes halogenated alkanes) is 1. The lowest BCUT2D eigenvalue weighted by atomic mass is 9.99. The van der Waals surface area contributed by atoms with Crippen LogP contribution in [0.4, 0.5) is 5.69 Å². The summed E-state index contributed by atoms with van der Waals surface area (Å²) >= 11 is 0. The van der Waals surface area contributed by atoms with Crippen molar-refractivity contribution in [1.82, 2.24) is 0 Å². The molecule has 0 N–H and O–H groups in total. The lowest BCUT2D eigenvalue weighted by molar-refractivity contribution is 0.487. The van der Waals surface area contributed by atoms with Gasteiger partial charge in [0.25, 0.3) is 0 Å². The minimum atomic E-state index is 0.0577. The van der Waals surface area contributed by atoms with Crippen LogP contribution in [0.2, 0.25) is 0 Å². The zero-order valence-electron chi connectivity index (χ0n) is 17.8. The summed E-state index contributed by atoms with van der Waals surface area (Å²) in [6.07, 6.45) is 17.5. The second kappa shape index (κ2) is 12.0. The van der Waals surface area contributed by atoms with Crippen LogP contribution in [0.5, 0.6) is 0 Å². The number of hydrogen-bond donors (Lipinski definition) is 0. The molecule has 0 radical (unpaired) electrons. The molecule has 1 aromatic rings. The van der Waals surface area contributed by atoms with E-state index in [4.69, 9.17) is 0 Å². The summed E-state index contributed by atoms with van der Waals surface area (Å²) in [4.78, 5) is 2.22. The van der Waals surface area contributed by atoms with Gasteiger partial charge in [-0.25, -0.2) is 0 Å². The van der Waals surface area contributed by atoms with Crippen molar-refractivity contribution in [2.75, 3.05) is 19.0 Å². The van der Waals surface area contributed by atoms with Crippen molar-refractivity contribution < 1.29 is 0 Å². The Kier molecular flexibility index (Phi) is 10.1. The molecular weight excluding hydrogens is 333 g/mol. The molecule has 0 atom stereocenters. The standard InChI is InChI=1S/C20H32NP.C4H10/c1-21(2)17-13-15-20(16-14-17)22(18-9-5-3-6-10-18)19-11-7-4-8-12-19;1-3-4-2/h13-16,18-19H,3-12H2,1-2H3;3-4H2,1-2H3. The Labute approximate surface area is 164 Å². The predicted octanol–water partition coefficient (Wildman–Crippen LogP) is 7.33. The zero-order chi connectivity index (χ0) is 18.8. The van der Waals surface area contributed by atoms with Crippen LogP contribution < -0.4 is 10.2 Å².